The number of hydrogen-bond donors (Lipinski definition) is 1. The first-order valence-corrected chi connectivity index (χ1v) is 4.48. The zero-order chi connectivity index (χ0) is 6.55. The van der Waals surface area contributed by atoms with Crippen LogP contribution in [0.15, 0.2) is 0 Å². The highest BCUT2D eigenvalue weighted by Crippen LogP contribution is 2.40. The van der Waals surface area contributed by atoms with Crippen LogP contribution in [0.5, 0.6) is 0 Å². The van der Waals surface area contributed by atoms with Gasteiger partial charge in [0.25, 0.3) is 0 Å². The predicted octanol–water partition coefficient (Wildman–Crippen LogP) is 0.748. The van der Waals surface area contributed by atoms with E-state index in [9.17, 15) is 0 Å². The van der Waals surface area contributed by atoms with Gasteiger partial charge in [-0.05, 0) is 25.2 Å². The van der Waals surface area contributed by atoms with Gasteiger partial charge in [-0.2, -0.15) is 0 Å². The quantitative estimate of drug-likeness (QED) is 0.531. The fourth-order valence-corrected chi connectivity index (χ4v) is 3.02. The molecule has 4 unspecified atom stereocenters. The third-order valence-electron chi connectivity index (χ3n) is 3.46. The molecule has 1 aliphatic carbocycles. The highest BCUT2D eigenvalue weighted by atomic mass is 15.6. The molecule has 10 heavy (non-hydrogen) atoms. The molecule has 0 spiro atoms. The number of nitrogens with one attached hydrogen (secondary N) is 1. The Balaban J connectivity index is 1.92. The highest BCUT2D eigenvalue weighted by molar-refractivity contribution is 5.01. The number of hydrogen-bond acceptors (Lipinski definition) is 2. The Hall–Kier alpha value is -0.0800. The Bertz CT molecular complexity index is 141. The van der Waals surface area contributed by atoms with Crippen molar-refractivity contribution in [3.8, 4) is 0 Å². The second kappa shape index (κ2) is 1.74. The second-order valence-corrected chi connectivity index (χ2v) is 3.88. The van der Waals surface area contributed by atoms with Gasteiger partial charge >= 0.3 is 0 Å². The van der Waals surface area contributed by atoms with E-state index in [-0.39, 0.29) is 0 Å². The summed E-state index contributed by atoms with van der Waals surface area (Å²) in [5.41, 5.74) is 3.56. The van der Waals surface area contributed by atoms with Gasteiger partial charge in [-0.15, -0.1) is 0 Å². The molecule has 3 fully saturated rings. The molecule has 2 bridgehead atoms. The van der Waals surface area contributed by atoms with Gasteiger partial charge in [0, 0.05) is 18.6 Å². The van der Waals surface area contributed by atoms with Crippen LogP contribution in [0, 0.1) is 5.92 Å². The van der Waals surface area contributed by atoms with Gasteiger partial charge in [0.2, 0.25) is 0 Å². The summed E-state index contributed by atoms with van der Waals surface area (Å²) >= 11 is 0. The van der Waals surface area contributed by atoms with E-state index in [0.717, 1.165) is 18.0 Å². The number of hydrazine groups is 1. The molecule has 2 saturated heterocycles. The Labute approximate surface area is 61.6 Å². The Morgan fingerprint density at radius 1 is 1.20 bits per heavy atom. The average molecular weight is 138 g/mol. The second-order valence-electron chi connectivity index (χ2n) is 3.88. The van der Waals surface area contributed by atoms with Gasteiger partial charge in [-0.25, -0.2) is 5.01 Å². The first-order chi connectivity index (χ1) is 4.95. The first kappa shape index (κ1) is 5.56. The van der Waals surface area contributed by atoms with Gasteiger partial charge in [-0.3, -0.25) is 5.43 Å². The lowest BCUT2D eigenvalue weighted by Crippen LogP contribution is -2.34. The molecule has 2 heterocycles. The zero-order valence-corrected chi connectivity index (χ0v) is 6.21. The Morgan fingerprint density at radius 2 is 2.20 bits per heavy atom. The lowest BCUT2D eigenvalue weighted by Gasteiger charge is -2.23. The average Bonchev–Trinajstić information content (AvgIpc) is 2.60. The minimum Gasteiger partial charge on any atom is -0.251 e. The molecule has 0 amide bonds. The molecular weight excluding hydrogens is 124 g/mol. The molecule has 1 N–H and O–H groups in total. The van der Waals surface area contributed by atoms with E-state index in [4.69, 9.17) is 0 Å². The van der Waals surface area contributed by atoms with Gasteiger partial charge in [0.15, 0.2) is 0 Å². The minimum atomic E-state index is 0.868. The van der Waals surface area contributed by atoms with Gasteiger partial charge < -0.3 is 0 Å². The van der Waals surface area contributed by atoms with Crippen molar-refractivity contribution in [1.82, 2.24) is 10.4 Å². The Kier molecular flexibility index (Phi) is 0.968. The zero-order valence-electron chi connectivity index (χ0n) is 6.21. The van der Waals surface area contributed by atoms with Gasteiger partial charge in [-0.1, -0.05) is 6.42 Å². The summed E-state index contributed by atoms with van der Waals surface area (Å²) in [5.74, 6) is 1.02. The first-order valence-electron chi connectivity index (χ1n) is 4.48. The fraction of sp³-hybridized carbons (Fsp3) is 1.00. The number of piperidine rings is 1. The van der Waals surface area contributed by atoms with E-state index in [1.807, 2.05) is 0 Å². The molecule has 0 aromatic carbocycles. The van der Waals surface area contributed by atoms with Gasteiger partial charge in [0.05, 0.1) is 0 Å². The summed E-state index contributed by atoms with van der Waals surface area (Å²) in [4.78, 5) is 0. The van der Waals surface area contributed by atoms with E-state index in [2.05, 4.69) is 10.4 Å². The summed E-state index contributed by atoms with van der Waals surface area (Å²) < 4.78 is 0. The third kappa shape index (κ3) is 0.523. The van der Waals surface area contributed by atoms with E-state index in [1.54, 1.807) is 0 Å². The molecule has 0 aromatic heterocycles. The molecule has 2 aliphatic heterocycles. The van der Waals surface area contributed by atoms with E-state index < -0.39 is 0 Å². The van der Waals surface area contributed by atoms with E-state index >= 15 is 0 Å². The molecule has 2 heteroatoms. The van der Waals surface area contributed by atoms with Crippen molar-refractivity contribution in [3.05, 3.63) is 0 Å². The maximum atomic E-state index is 3.56. The molecular formula is C8H14N2. The highest BCUT2D eigenvalue weighted by Gasteiger charge is 2.47. The van der Waals surface area contributed by atoms with Crippen LogP contribution < -0.4 is 5.43 Å². The van der Waals surface area contributed by atoms with Crippen LogP contribution in [-0.4, -0.2) is 23.6 Å². The monoisotopic (exact) mass is 138 g/mol. The lowest BCUT2D eigenvalue weighted by atomic mass is 9.92. The van der Waals surface area contributed by atoms with Crippen LogP contribution in [0.1, 0.15) is 25.7 Å². The normalized spacial score (nSPS) is 57.6. The molecule has 56 valence electrons. The topological polar surface area (TPSA) is 15.3 Å². The van der Waals surface area contributed by atoms with Crippen LogP contribution in [0.25, 0.3) is 0 Å². The standard InChI is InChI=1S/C8H14N2/c1-2-6-7-4-5-10(9-7)8(6)3-1/h6-9H,1-5H2. The van der Waals surface area contributed by atoms with Crippen LogP contribution in [0.3, 0.4) is 0 Å². The third-order valence-corrected chi connectivity index (χ3v) is 3.46. The maximum absolute atomic E-state index is 3.56. The fourth-order valence-electron chi connectivity index (χ4n) is 3.02. The number of rotatable bonds is 0. The van der Waals surface area contributed by atoms with Crippen LogP contribution in [-0.2, 0) is 0 Å². The van der Waals surface area contributed by atoms with Crippen molar-refractivity contribution in [2.24, 2.45) is 5.92 Å². The Morgan fingerprint density at radius 3 is 3.10 bits per heavy atom. The molecule has 3 rings (SSSR count). The lowest BCUT2D eigenvalue weighted by molar-refractivity contribution is 0.200. The van der Waals surface area contributed by atoms with Crippen molar-refractivity contribution in [1.29, 1.82) is 0 Å². The van der Waals surface area contributed by atoms with E-state index in [1.165, 1.54) is 32.2 Å². The number of nitrogens with zero attached hydrogens (tertiary/aromatic N) is 1. The maximum Gasteiger partial charge on any atom is 0.0287 e. The summed E-state index contributed by atoms with van der Waals surface area (Å²) in [6, 6.07) is 1.80. The van der Waals surface area contributed by atoms with Crippen molar-refractivity contribution >= 4 is 0 Å². The van der Waals surface area contributed by atoms with Crippen molar-refractivity contribution in [3.63, 3.8) is 0 Å². The van der Waals surface area contributed by atoms with Crippen LogP contribution in [0.4, 0.5) is 0 Å². The predicted molar refractivity (Wildman–Crippen MR) is 39.4 cm³/mol. The minimum absolute atomic E-state index is 0.868. The molecule has 0 radical (unpaired) electrons. The molecule has 3 aliphatic rings. The van der Waals surface area contributed by atoms with Crippen molar-refractivity contribution < 1.29 is 0 Å². The molecule has 4 atom stereocenters. The molecule has 0 aromatic rings. The van der Waals surface area contributed by atoms with E-state index in [0.29, 0.717) is 0 Å². The van der Waals surface area contributed by atoms with Crippen LogP contribution in [0.2, 0.25) is 0 Å². The van der Waals surface area contributed by atoms with Crippen LogP contribution >= 0.6 is 0 Å². The molecule has 1 saturated carbocycles. The smallest absolute Gasteiger partial charge is 0.0287 e. The number of fused-ring (bicyclic) bond motifs is 5. The largest absolute Gasteiger partial charge is 0.251 e. The van der Waals surface area contributed by atoms with Crippen molar-refractivity contribution in [2.75, 3.05) is 6.54 Å². The molecule has 2 nitrogen and oxygen atoms in total. The van der Waals surface area contributed by atoms with Crippen molar-refractivity contribution in [2.45, 2.75) is 37.8 Å². The summed E-state index contributed by atoms with van der Waals surface area (Å²) in [7, 11) is 0. The summed E-state index contributed by atoms with van der Waals surface area (Å²) in [5, 5.41) is 2.49. The summed E-state index contributed by atoms with van der Waals surface area (Å²) in [6.07, 6.45) is 5.82. The van der Waals surface area contributed by atoms with Gasteiger partial charge in [0.1, 0.15) is 0 Å². The SMILES string of the molecule is C1CC2C3CCN(N3)C2C1. The summed E-state index contributed by atoms with van der Waals surface area (Å²) in [6.45, 7) is 1.31.